The first-order valence-electron chi connectivity index (χ1n) is 9.19. The van der Waals surface area contributed by atoms with Crippen molar-refractivity contribution in [2.75, 3.05) is 6.54 Å². The van der Waals surface area contributed by atoms with Crippen LogP contribution in [0.2, 0.25) is 0 Å². The van der Waals surface area contributed by atoms with Gasteiger partial charge in [0, 0.05) is 30.3 Å². The molecular formula is C21H26N2O3. The van der Waals surface area contributed by atoms with Gasteiger partial charge < -0.3 is 15.1 Å². The van der Waals surface area contributed by atoms with Crippen LogP contribution in [-0.2, 0) is 0 Å². The SMILES string of the molecule is CC1(C)CC2CC(C)(CN2C(=O)c2ccc(-n3c(O)ccc3O)cc2)C1. The smallest absolute Gasteiger partial charge is 0.254 e. The molecule has 2 unspecified atom stereocenters. The first kappa shape index (κ1) is 17.0. The predicted octanol–water partition coefficient (Wildman–Crippen LogP) is 3.93. The number of carbonyl (C=O) groups is 1. The normalized spacial score (nSPS) is 26.9. The highest BCUT2D eigenvalue weighted by Crippen LogP contribution is 2.52. The molecule has 5 nitrogen and oxygen atoms in total. The van der Waals surface area contributed by atoms with Gasteiger partial charge in [0.2, 0.25) is 0 Å². The summed E-state index contributed by atoms with van der Waals surface area (Å²) < 4.78 is 1.33. The Hall–Kier alpha value is -2.43. The van der Waals surface area contributed by atoms with E-state index in [2.05, 4.69) is 20.8 Å². The van der Waals surface area contributed by atoms with Crippen LogP contribution in [0.3, 0.4) is 0 Å². The van der Waals surface area contributed by atoms with E-state index in [4.69, 9.17) is 0 Å². The maximum absolute atomic E-state index is 13.1. The van der Waals surface area contributed by atoms with Gasteiger partial charge in [-0.15, -0.1) is 0 Å². The number of nitrogens with zero attached hydrogens (tertiary/aromatic N) is 2. The lowest BCUT2D eigenvalue weighted by Gasteiger charge is -2.39. The summed E-state index contributed by atoms with van der Waals surface area (Å²) in [5.74, 6) is -0.000860. The van der Waals surface area contributed by atoms with Crippen molar-refractivity contribution < 1.29 is 15.0 Å². The number of rotatable bonds is 2. The predicted molar refractivity (Wildman–Crippen MR) is 99.7 cm³/mol. The summed E-state index contributed by atoms with van der Waals surface area (Å²) in [5, 5.41) is 19.7. The Kier molecular flexibility index (Phi) is 3.62. The number of hydrogen-bond donors (Lipinski definition) is 2. The average Bonchev–Trinajstić information content (AvgIpc) is 3.01. The van der Waals surface area contributed by atoms with Crippen LogP contribution >= 0.6 is 0 Å². The number of likely N-dealkylation sites (tertiary alicyclic amines) is 1. The lowest BCUT2D eigenvalue weighted by atomic mass is 9.65. The minimum atomic E-state index is -0.0370. The Morgan fingerprint density at radius 3 is 2.23 bits per heavy atom. The van der Waals surface area contributed by atoms with Crippen molar-refractivity contribution in [3.8, 4) is 17.4 Å². The number of hydrogen-bond acceptors (Lipinski definition) is 3. The number of aromatic hydroxyl groups is 2. The van der Waals surface area contributed by atoms with Gasteiger partial charge >= 0.3 is 0 Å². The lowest BCUT2D eigenvalue weighted by Crippen LogP contribution is -2.37. The van der Waals surface area contributed by atoms with Crippen molar-refractivity contribution in [2.45, 2.75) is 46.1 Å². The summed E-state index contributed by atoms with van der Waals surface area (Å²) in [5.41, 5.74) is 1.76. The zero-order valence-corrected chi connectivity index (χ0v) is 15.6. The molecule has 2 atom stereocenters. The Morgan fingerprint density at radius 2 is 1.62 bits per heavy atom. The van der Waals surface area contributed by atoms with E-state index >= 15 is 0 Å². The van der Waals surface area contributed by atoms with Gasteiger partial charge in [-0.05, 0) is 54.4 Å². The summed E-state index contributed by atoms with van der Waals surface area (Å²) in [7, 11) is 0. The average molecular weight is 354 g/mol. The van der Waals surface area contributed by atoms with Gasteiger partial charge in [-0.2, -0.15) is 0 Å². The van der Waals surface area contributed by atoms with Gasteiger partial charge in [0.25, 0.3) is 5.91 Å². The van der Waals surface area contributed by atoms with E-state index in [9.17, 15) is 15.0 Å². The van der Waals surface area contributed by atoms with Crippen LogP contribution in [0.5, 0.6) is 11.8 Å². The third-order valence-corrected chi connectivity index (χ3v) is 5.89. The Balaban J connectivity index is 1.58. The summed E-state index contributed by atoms with van der Waals surface area (Å²) in [6, 6.07) is 10.2. The highest BCUT2D eigenvalue weighted by Gasteiger charge is 2.50. The minimum absolute atomic E-state index is 0.0370. The fourth-order valence-corrected chi connectivity index (χ4v) is 5.30. The van der Waals surface area contributed by atoms with Crippen LogP contribution in [0.1, 0.15) is 50.4 Å². The first-order valence-corrected chi connectivity index (χ1v) is 9.19. The zero-order chi connectivity index (χ0) is 18.7. The first-order chi connectivity index (χ1) is 12.2. The molecule has 26 heavy (non-hydrogen) atoms. The second-order valence-electron chi connectivity index (χ2n) is 9.08. The van der Waals surface area contributed by atoms with Gasteiger partial charge in [0.15, 0.2) is 11.8 Å². The molecule has 2 fully saturated rings. The highest BCUT2D eigenvalue weighted by molar-refractivity contribution is 5.95. The van der Waals surface area contributed by atoms with Gasteiger partial charge in [-0.3, -0.25) is 9.36 Å². The van der Waals surface area contributed by atoms with Crippen LogP contribution < -0.4 is 0 Å². The molecule has 2 aliphatic rings. The molecule has 1 aliphatic carbocycles. The van der Waals surface area contributed by atoms with E-state index in [1.54, 1.807) is 24.3 Å². The van der Waals surface area contributed by atoms with Crippen molar-refractivity contribution >= 4 is 5.91 Å². The third-order valence-electron chi connectivity index (χ3n) is 5.89. The molecule has 5 heteroatoms. The monoisotopic (exact) mass is 354 g/mol. The lowest BCUT2D eigenvalue weighted by molar-refractivity contribution is 0.0708. The summed E-state index contributed by atoms with van der Waals surface area (Å²) in [4.78, 5) is 15.1. The number of amides is 1. The standard InChI is InChI=1S/C21H26N2O3/c1-20(2)10-16-11-21(3,12-20)13-22(16)19(26)14-4-6-15(7-5-14)23-17(24)8-9-18(23)25/h4-9,16,24-25H,10-13H2,1-3H3. The topological polar surface area (TPSA) is 65.7 Å². The van der Waals surface area contributed by atoms with Crippen LogP contribution in [0, 0.1) is 10.8 Å². The van der Waals surface area contributed by atoms with Crippen molar-refractivity contribution in [2.24, 2.45) is 10.8 Å². The van der Waals surface area contributed by atoms with E-state index in [0.717, 1.165) is 25.8 Å². The maximum atomic E-state index is 13.1. The van der Waals surface area contributed by atoms with Crippen LogP contribution in [0.25, 0.3) is 5.69 Å². The molecule has 1 saturated heterocycles. The molecule has 0 spiro atoms. The van der Waals surface area contributed by atoms with Crippen molar-refractivity contribution in [1.82, 2.24) is 9.47 Å². The van der Waals surface area contributed by atoms with Crippen molar-refractivity contribution in [3.05, 3.63) is 42.0 Å². The number of benzene rings is 1. The van der Waals surface area contributed by atoms with Crippen molar-refractivity contribution in [3.63, 3.8) is 0 Å². The Labute approximate surface area is 153 Å². The quantitative estimate of drug-likeness (QED) is 0.859. The van der Waals surface area contributed by atoms with E-state index in [-0.39, 0.29) is 28.5 Å². The molecule has 4 rings (SSSR count). The second-order valence-corrected chi connectivity index (χ2v) is 9.08. The molecule has 1 saturated carbocycles. The fourth-order valence-electron chi connectivity index (χ4n) is 5.30. The van der Waals surface area contributed by atoms with E-state index < -0.39 is 0 Å². The molecule has 2 aromatic rings. The molecule has 2 N–H and O–H groups in total. The number of fused-ring (bicyclic) bond motifs is 2. The number of carbonyl (C=O) groups excluding carboxylic acids is 1. The molecular weight excluding hydrogens is 328 g/mol. The number of aromatic nitrogens is 1. The molecule has 138 valence electrons. The van der Waals surface area contributed by atoms with E-state index in [0.29, 0.717) is 17.3 Å². The van der Waals surface area contributed by atoms with E-state index in [1.807, 2.05) is 4.90 Å². The second kappa shape index (κ2) is 5.53. The molecule has 1 amide bonds. The molecule has 2 bridgehead atoms. The van der Waals surface area contributed by atoms with Gasteiger partial charge in [-0.1, -0.05) is 20.8 Å². The van der Waals surface area contributed by atoms with Crippen molar-refractivity contribution in [1.29, 1.82) is 0 Å². The largest absolute Gasteiger partial charge is 0.494 e. The third kappa shape index (κ3) is 2.75. The summed E-state index contributed by atoms with van der Waals surface area (Å²) in [6.45, 7) is 7.72. The van der Waals surface area contributed by atoms with Crippen LogP contribution in [0.15, 0.2) is 36.4 Å². The Morgan fingerprint density at radius 1 is 1.00 bits per heavy atom. The van der Waals surface area contributed by atoms with Crippen LogP contribution in [-0.4, -0.2) is 38.2 Å². The maximum Gasteiger partial charge on any atom is 0.254 e. The molecule has 2 heterocycles. The highest BCUT2D eigenvalue weighted by atomic mass is 16.3. The van der Waals surface area contributed by atoms with Gasteiger partial charge in [0.05, 0.1) is 5.69 Å². The molecule has 1 aromatic carbocycles. The fraction of sp³-hybridized carbons (Fsp3) is 0.476. The van der Waals surface area contributed by atoms with Crippen LogP contribution in [0.4, 0.5) is 0 Å². The van der Waals surface area contributed by atoms with E-state index in [1.165, 1.54) is 16.7 Å². The molecule has 1 aromatic heterocycles. The summed E-state index contributed by atoms with van der Waals surface area (Å²) in [6.07, 6.45) is 3.30. The van der Waals surface area contributed by atoms with Gasteiger partial charge in [0.1, 0.15) is 0 Å². The summed E-state index contributed by atoms with van der Waals surface area (Å²) >= 11 is 0. The molecule has 0 radical (unpaired) electrons. The Bertz CT molecular complexity index is 833. The minimum Gasteiger partial charge on any atom is -0.494 e. The molecule has 1 aliphatic heterocycles. The van der Waals surface area contributed by atoms with Gasteiger partial charge in [-0.25, -0.2) is 0 Å². The zero-order valence-electron chi connectivity index (χ0n) is 15.6.